The van der Waals surface area contributed by atoms with Crippen LogP contribution in [0.15, 0.2) is 12.1 Å². The number of anilines is 1. The fraction of sp³-hybridized carbons (Fsp3) is 0.417. The summed E-state index contributed by atoms with van der Waals surface area (Å²) in [4.78, 5) is 11.9. The van der Waals surface area contributed by atoms with Crippen LogP contribution in [0.25, 0.3) is 0 Å². The molecule has 0 aliphatic heterocycles. The molecule has 0 aliphatic carbocycles. The van der Waals surface area contributed by atoms with Gasteiger partial charge in [0.05, 0.1) is 16.3 Å². The largest absolute Gasteiger partial charge is 0.459 e. The van der Waals surface area contributed by atoms with E-state index in [-0.39, 0.29) is 28.3 Å². The molecule has 0 spiro atoms. The second-order valence-corrected chi connectivity index (χ2v) is 5.05. The average molecular weight is 276 g/mol. The van der Waals surface area contributed by atoms with Crippen molar-refractivity contribution in [2.24, 2.45) is 5.92 Å². The summed E-state index contributed by atoms with van der Waals surface area (Å²) in [5.41, 5.74) is 6.11. The lowest BCUT2D eigenvalue weighted by molar-refractivity contribution is 0.0239. The highest BCUT2D eigenvalue weighted by Gasteiger charge is 2.19. The number of rotatable bonds is 3. The van der Waals surface area contributed by atoms with Gasteiger partial charge in [0.25, 0.3) is 0 Å². The SMILES string of the molecule is CC(C)C(C)OC(=O)c1cc(Cl)cc(Cl)c1N. The predicted molar refractivity (Wildman–Crippen MR) is 70.6 cm³/mol. The third-order valence-electron chi connectivity index (χ3n) is 2.55. The first kappa shape index (κ1) is 14.1. The first-order chi connectivity index (χ1) is 7.82. The maximum atomic E-state index is 11.9. The normalized spacial score (nSPS) is 12.6. The van der Waals surface area contributed by atoms with Gasteiger partial charge in [0.1, 0.15) is 6.10 Å². The third-order valence-corrected chi connectivity index (χ3v) is 3.08. The zero-order valence-electron chi connectivity index (χ0n) is 9.96. The van der Waals surface area contributed by atoms with E-state index in [2.05, 4.69) is 0 Å². The standard InChI is InChI=1S/C12H15Cl2NO2/c1-6(2)7(3)17-12(16)9-4-8(13)5-10(14)11(9)15/h4-7H,15H2,1-3H3. The summed E-state index contributed by atoms with van der Waals surface area (Å²) in [5.74, 6) is -0.275. The highest BCUT2D eigenvalue weighted by atomic mass is 35.5. The van der Waals surface area contributed by atoms with Gasteiger partial charge in [-0.3, -0.25) is 0 Å². The van der Waals surface area contributed by atoms with Crippen molar-refractivity contribution in [3.05, 3.63) is 27.7 Å². The molecule has 17 heavy (non-hydrogen) atoms. The maximum absolute atomic E-state index is 11.9. The molecule has 0 saturated heterocycles. The van der Waals surface area contributed by atoms with Crippen molar-refractivity contribution >= 4 is 34.9 Å². The molecule has 1 aromatic carbocycles. The minimum atomic E-state index is -0.506. The van der Waals surface area contributed by atoms with E-state index in [9.17, 15) is 4.79 Å². The van der Waals surface area contributed by atoms with E-state index in [1.165, 1.54) is 12.1 Å². The van der Waals surface area contributed by atoms with Gasteiger partial charge < -0.3 is 10.5 Å². The van der Waals surface area contributed by atoms with Crippen molar-refractivity contribution in [3.63, 3.8) is 0 Å². The Morgan fingerprint density at radius 2 is 1.88 bits per heavy atom. The molecule has 0 aromatic heterocycles. The molecule has 94 valence electrons. The summed E-state index contributed by atoms with van der Waals surface area (Å²) in [6.45, 7) is 5.75. The lowest BCUT2D eigenvalue weighted by atomic mass is 10.1. The third kappa shape index (κ3) is 3.51. The van der Waals surface area contributed by atoms with Crippen LogP contribution in [-0.4, -0.2) is 12.1 Å². The van der Waals surface area contributed by atoms with Crippen molar-refractivity contribution in [1.82, 2.24) is 0 Å². The molecular weight excluding hydrogens is 261 g/mol. The number of benzene rings is 1. The summed E-state index contributed by atoms with van der Waals surface area (Å²) in [6, 6.07) is 2.94. The van der Waals surface area contributed by atoms with Crippen LogP contribution in [0.5, 0.6) is 0 Å². The highest BCUT2D eigenvalue weighted by Crippen LogP contribution is 2.28. The van der Waals surface area contributed by atoms with Gasteiger partial charge in [-0.05, 0) is 25.0 Å². The highest BCUT2D eigenvalue weighted by molar-refractivity contribution is 6.37. The number of hydrogen-bond acceptors (Lipinski definition) is 3. The van der Waals surface area contributed by atoms with Crippen LogP contribution in [0.3, 0.4) is 0 Å². The molecule has 0 bridgehead atoms. The number of ether oxygens (including phenoxy) is 1. The van der Waals surface area contributed by atoms with Gasteiger partial charge in [0, 0.05) is 5.02 Å². The molecular formula is C12H15Cl2NO2. The van der Waals surface area contributed by atoms with Crippen molar-refractivity contribution < 1.29 is 9.53 Å². The van der Waals surface area contributed by atoms with Crippen LogP contribution >= 0.6 is 23.2 Å². The van der Waals surface area contributed by atoms with Crippen molar-refractivity contribution in [3.8, 4) is 0 Å². The molecule has 0 fully saturated rings. The summed E-state index contributed by atoms with van der Waals surface area (Å²) in [6.07, 6.45) is -0.195. The number of nitrogens with two attached hydrogens (primary N) is 1. The summed E-state index contributed by atoms with van der Waals surface area (Å²) in [7, 11) is 0. The van der Waals surface area contributed by atoms with Gasteiger partial charge in [-0.1, -0.05) is 37.0 Å². The van der Waals surface area contributed by atoms with Crippen LogP contribution in [-0.2, 0) is 4.74 Å². The quantitative estimate of drug-likeness (QED) is 0.675. The molecule has 1 aromatic rings. The second kappa shape index (κ2) is 5.61. The van der Waals surface area contributed by atoms with E-state index in [1.54, 1.807) is 0 Å². The Kier molecular flexibility index (Phi) is 4.66. The van der Waals surface area contributed by atoms with Crippen molar-refractivity contribution in [2.75, 3.05) is 5.73 Å². The van der Waals surface area contributed by atoms with E-state index in [0.29, 0.717) is 5.02 Å². The lowest BCUT2D eigenvalue weighted by Gasteiger charge is -2.17. The molecule has 0 amide bonds. The molecule has 0 heterocycles. The lowest BCUT2D eigenvalue weighted by Crippen LogP contribution is -2.21. The number of halogens is 2. The predicted octanol–water partition coefficient (Wildman–Crippen LogP) is 3.78. The number of hydrogen-bond donors (Lipinski definition) is 1. The molecule has 1 unspecified atom stereocenters. The van der Waals surface area contributed by atoms with Gasteiger partial charge in [-0.25, -0.2) is 4.79 Å². The molecule has 1 rings (SSSR count). The van der Waals surface area contributed by atoms with E-state index >= 15 is 0 Å². The van der Waals surface area contributed by atoms with E-state index in [4.69, 9.17) is 33.7 Å². The zero-order valence-corrected chi connectivity index (χ0v) is 11.5. The summed E-state index contributed by atoms with van der Waals surface area (Å²) >= 11 is 11.7. The van der Waals surface area contributed by atoms with Crippen LogP contribution in [0.1, 0.15) is 31.1 Å². The first-order valence-electron chi connectivity index (χ1n) is 5.28. The summed E-state index contributed by atoms with van der Waals surface area (Å²) in [5, 5.41) is 0.606. The Hall–Kier alpha value is -0.930. The molecule has 0 aliphatic rings. The molecule has 2 N–H and O–H groups in total. The van der Waals surface area contributed by atoms with Crippen LogP contribution in [0.2, 0.25) is 10.0 Å². The smallest absolute Gasteiger partial charge is 0.340 e. The van der Waals surface area contributed by atoms with Gasteiger partial charge >= 0.3 is 5.97 Å². The van der Waals surface area contributed by atoms with Crippen LogP contribution in [0, 0.1) is 5.92 Å². The van der Waals surface area contributed by atoms with Crippen molar-refractivity contribution in [1.29, 1.82) is 0 Å². The Morgan fingerprint density at radius 1 is 1.29 bits per heavy atom. The molecule has 0 saturated carbocycles. The minimum absolute atomic E-state index is 0.192. The minimum Gasteiger partial charge on any atom is -0.459 e. The Balaban J connectivity index is 2.97. The molecule has 1 atom stereocenters. The number of nitrogen functional groups attached to an aromatic ring is 1. The van der Waals surface area contributed by atoms with Gasteiger partial charge in [-0.2, -0.15) is 0 Å². The monoisotopic (exact) mass is 275 g/mol. The molecule has 5 heteroatoms. The topological polar surface area (TPSA) is 52.3 Å². The Morgan fingerprint density at radius 3 is 2.41 bits per heavy atom. The van der Waals surface area contributed by atoms with Crippen LogP contribution in [0.4, 0.5) is 5.69 Å². The van der Waals surface area contributed by atoms with Crippen LogP contribution < -0.4 is 5.73 Å². The molecule has 3 nitrogen and oxygen atoms in total. The number of carbonyl (C=O) groups is 1. The number of carbonyl (C=O) groups excluding carboxylic acids is 1. The Bertz CT molecular complexity index is 433. The van der Waals surface area contributed by atoms with E-state index in [0.717, 1.165) is 0 Å². The van der Waals surface area contributed by atoms with E-state index < -0.39 is 5.97 Å². The second-order valence-electron chi connectivity index (χ2n) is 4.20. The summed E-state index contributed by atoms with van der Waals surface area (Å²) < 4.78 is 5.25. The van der Waals surface area contributed by atoms with Crippen molar-refractivity contribution in [2.45, 2.75) is 26.9 Å². The van der Waals surface area contributed by atoms with Gasteiger partial charge in [0.2, 0.25) is 0 Å². The molecule has 0 radical (unpaired) electrons. The van der Waals surface area contributed by atoms with Gasteiger partial charge in [0.15, 0.2) is 0 Å². The fourth-order valence-corrected chi connectivity index (χ4v) is 1.62. The maximum Gasteiger partial charge on any atom is 0.340 e. The van der Waals surface area contributed by atoms with E-state index in [1.807, 2.05) is 20.8 Å². The fourth-order valence-electron chi connectivity index (χ4n) is 1.12. The number of esters is 1. The average Bonchev–Trinajstić information content (AvgIpc) is 2.22. The zero-order chi connectivity index (χ0) is 13.2. The Labute approximate surface area is 111 Å². The first-order valence-corrected chi connectivity index (χ1v) is 6.04. The van der Waals surface area contributed by atoms with Gasteiger partial charge in [-0.15, -0.1) is 0 Å².